The monoisotopic (exact) mass is 347 g/mol. The van der Waals surface area contributed by atoms with Crippen LogP contribution in [0.3, 0.4) is 0 Å². The van der Waals surface area contributed by atoms with Gasteiger partial charge in [0.25, 0.3) is 5.91 Å². The number of likely N-dealkylation sites (tertiary alicyclic amines) is 1. The summed E-state index contributed by atoms with van der Waals surface area (Å²) in [5, 5.41) is 2.53. The molecule has 2 unspecified atom stereocenters. The number of hydrogen-bond donors (Lipinski definition) is 1. The van der Waals surface area contributed by atoms with Gasteiger partial charge in [-0.1, -0.05) is 18.2 Å². The van der Waals surface area contributed by atoms with Crippen molar-refractivity contribution in [2.75, 3.05) is 13.1 Å². The molecular formula is C18H22FN3OS. The molecule has 1 aliphatic rings. The fourth-order valence-electron chi connectivity index (χ4n) is 3.08. The van der Waals surface area contributed by atoms with Gasteiger partial charge in [-0.3, -0.25) is 4.79 Å². The Kier molecular flexibility index (Phi) is 5.26. The van der Waals surface area contributed by atoms with Crippen LogP contribution in [0.4, 0.5) is 4.39 Å². The average molecular weight is 347 g/mol. The standard InChI is InChI=1S/C18H22FN3OS/c1-12(20)14-6-4-8-22(10-14)18(23)16-11-24-17(21-16)9-13-5-2-3-7-15(13)19/h2-3,5,7,11-12,14H,4,6,8-10,20H2,1H3. The molecule has 2 heterocycles. The average Bonchev–Trinajstić information content (AvgIpc) is 3.05. The number of amides is 1. The number of benzene rings is 1. The van der Waals surface area contributed by atoms with E-state index in [0.717, 1.165) is 24.4 Å². The number of nitrogens with two attached hydrogens (primary N) is 1. The minimum absolute atomic E-state index is 0.0450. The van der Waals surface area contributed by atoms with Crippen molar-refractivity contribution in [3.8, 4) is 0 Å². The summed E-state index contributed by atoms with van der Waals surface area (Å²) in [5.41, 5.74) is 7.04. The van der Waals surface area contributed by atoms with E-state index in [4.69, 9.17) is 5.73 Å². The van der Waals surface area contributed by atoms with Crippen molar-refractivity contribution in [1.82, 2.24) is 9.88 Å². The molecule has 0 radical (unpaired) electrons. The summed E-state index contributed by atoms with van der Waals surface area (Å²) in [5.74, 6) is 0.0620. The first kappa shape index (κ1) is 17.0. The number of aromatic nitrogens is 1. The molecule has 0 bridgehead atoms. The van der Waals surface area contributed by atoms with Crippen LogP contribution in [-0.2, 0) is 6.42 Å². The first-order valence-electron chi connectivity index (χ1n) is 8.27. The second kappa shape index (κ2) is 7.40. The summed E-state index contributed by atoms with van der Waals surface area (Å²) in [7, 11) is 0. The van der Waals surface area contributed by atoms with Crippen molar-refractivity contribution in [2.24, 2.45) is 11.7 Å². The van der Waals surface area contributed by atoms with Gasteiger partial charge in [0.1, 0.15) is 11.5 Å². The van der Waals surface area contributed by atoms with Gasteiger partial charge in [0, 0.05) is 30.9 Å². The van der Waals surface area contributed by atoms with Gasteiger partial charge in [-0.2, -0.15) is 0 Å². The minimum atomic E-state index is -0.239. The summed E-state index contributed by atoms with van der Waals surface area (Å²) < 4.78 is 13.7. The van der Waals surface area contributed by atoms with Crippen molar-refractivity contribution in [3.05, 3.63) is 51.7 Å². The number of rotatable bonds is 4. The van der Waals surface area contributed by atoms with Crippen LogP contribution < -0.4 is 5.73 Å². The normalized spacial score (nSPS) is 19.3. The Bertz CT molecular complexity index is 716. The summed E-state index contributed by atoms with van der Waals surface area (Å²) in [6.07, 6.45) is 2.45. The van der Waals surface area contributed by atoms with E-state index in [0.29, 0.717) is 30.1 Å². The SMILES string of the molecule is CC(N)C1CCCN(C(=O)c2csc(Cc3ccccc3F)n2)C1. The third-order valence-electron chi connectivity index (χ3n) is 4.56. The van der Waals surface area contributed by atoms with Crippen LogP contribution in [-0.4, -0.2) is 34.9 Å². The van der Waals surface area contributed by atoms with Crippen LogP contribution in [0.15, 0.2) is 29.6 Å². The minimum Gasteiger partial charge on any atom is -0.337 e. The Morgan fingerprint density at radius 1 is 1.50 bits per heavy atom. The Hall–Kier alpha value is -1.79. The zero-order chi connectivity index (χ0) is 17.1. The molecule has 1 aliphatic heterocycles. The molecule has 3 rings (SSSR count). The highest BCUT2D eigenvalue weighted by Crippen LogP contribution is 2.22. The molecule has 4 nitrogen and oxygen atoms in total. The van der Waals surface area contributed by atoms with E-state index in [1.165, 1.54) is 17.4 Å². The molecule has 2 N–H and O–H groups in total. The largest absolute Gasteiger partial charge is 0.337 e. The van der Waals surface area contributed by atoms with E-state index in [9.17, 15) is 9.18 Å². The number of piperidine rings is 1. The lowest BCUT2D eigenvalue weighted by Gasteiger charge is -2.34. The van der Waals surface area contributed by atoms with Gasteiger partial charge in [-0.25, -0.2) is 9.37 Å². The quantitative estimate of drug-likeness (QED) is 0.925. The molecule has 24 heavy (non-hydrogen) atoms. The third kappa shape index (κ3) is 3.82. The first-order valence-corrected chi connectivity index (χ1v) is 9.15. The van der Waals surface area contributed by atoms with Crippen molar-refractivity contribution in [3.63, 3.8) is 0 Å². The van der Waals surface area contributed by atoms with Crippen LogP contribution >= 0.6 is 11.3 Å². The molecule has 1 aromatic carbocycles. The molecule has 1 saturated heterocycles. The zero-order valence-corrected chi connectivity index (χ0v) is 14.6. The molecule has 1 fully saturated rings. The Labute approximate surface area is 145 Å². The summed E-state index contributed by atoms with van der Waals surface area (Å²) in [6, 6.07) is 6.75. The Morgan fingerprint density at radius 3 is 3.04 bits per heavy atom. The molecule has 2 atom stereocenters. The molecule has 128 valence electrons. The molecule has 1 aromatic heterocycles. The smallest absolute Gasteiger partial charge is 0.273 e. The van der Waals surface area contributed by atoms with Crippen LogP contribution in [0.5, 0.6) is 0 Å². The van der Waals surface area contributed by atoms with Crippen LogP contribution in [0.25, 0.3) is 0 Å². The van der Waals surface area contributed by atoms with E-state index >= 15 is 0 Å². The van der Waals surface area contributed by atoms with E-state index in [1.807, 2.05) is 11.8 Å². The third-order valence-corrected chi connectivity index (χ3v) is 5.41. The Balaban J connectivity index is 1.68. The number of halogens is 1. The first-order chi connectivity index (χ1) is 11.5. The fourth-order valence-corrected chi connectivity index (χ4v) is 3.87. The Morgan fingerprint density at radius 2 is 2.29 bits per heavy atom. The van der Waals surface area contributed by atoms with Crippen LogP contribution in [0.1, 0.15) is 40.8 Å². The summed E-state index contributed by atoms with van der Waals surface area (Å²) in [4.78, 5) is 18.9. The van der Waals surface area contributed by atoms with Crippen molar-refractivity contribution < 1.29 is 9.18 Å². The predicted molar refractivity (Wildman–Crippen MR) is 93.6 cm³/mol. The maximum absolute atomic E-state index is 13.7. The number of thiazole rings is 1. The second-order valence-corrected chi connectivity index (χ2v) is 7.35. The molecular weight excluding hydrogens is 325 g/mol. The van der Waals surface area contributed by atoms with E-state index < -0.39 is 0 Å². The predicted octanol–water partition coefficient (Wildman–Crippen LogP) is 3.07. The van der Waals surface area contributed by atoms with Crippen LogP contribution in [0, 0.1) is 11.7 Å². The molecule has 0 saturated carbocycles. The molecule has 6 heteroatoms. The van der Waals surface area contributed by atoms with E-state index in [-0.39, 0.29) is 17.8 Å². The molecule has 0 spiro atoms. The van der Waals surface area contributed by atoms with Crippen molar-refractivity contribution in [1.29, 1.82) is 0 Å². The maximum atomic E-state index is 13.7. The van der Waals surface area contributed by atoms with Gasteiger partial charge in [0.05, 0.1) is 5.01 Å². The lowest BCUT2D eigenvalue weighted by Crippen LogP contribution is -2.45. The van der Waals surface area contributed by atoms with E-state index in [1.54, 1.807) is 23.6 Å². The second-order valence-electron chi connectivity index (χ2n) is 6.41. The lowest BCUT2D eigenvalue weighted by atomic mass is 9.92. The van der Waals surface area contributed by atoms with Crippen LogP contribution in [0.2, 0.25) is 0 Å². The number of hydrogen-bond acceptors (Lipinski definition) is 4. The molecule has 1 amide bonds. The lowest BCUT2D eigenvalue weighted by molar-refractivity contribution is 0.0655. The number of carbonyl (C=O) groups is 1. The highest BCUT2D eigenvalue weighted by Gasteiger charge is 2.27. The van der Waals surface area contributed by atoms with Gasteiger partial charge in [0.2, 0.25) is 0 Å². The van der Waals surface area contributed by atoms with Gasteiger partial charge >= 0.3 is 0 Å². The highest BCUT2D eigenvalue weighted by atomic mass is 32.1. The van der Waals surface area contributed by atoms with Crippen molar-refractivity contribution in [2.45, 2.75) is 32.2 Å². The summed E-state index contributed by atoms with van der Waals surface area (Å²) >= 11 is 1.40. The van der Waals surface area contributed by atoms with Gasteiger partial charge in [0.15, 0.2) is 0 Å². The molecule has 2 aromatic rings. The van der Waals surface area contributed by atoms with Gasteiger partial charge in [-0.15, -0.1) is 11.3 Å². The summed E-state index contributed by atoms with van der Waals surface area (Å²) in [6.45, 7) is 3.44. The topological polar surface area (TPSA) is 59.2 Å². The van der Waals surface area contributed by atoms with Gasteiger partial charge < -0.3 is 10.6 Å². The fraction of sp³-hybridized carbons (Fsp3) is 0.444. The van der Waals surface area contributed by atoms with E-state index in [2.05, 4.69) is 4.98 Å². The molecule has 0 aliphatic carbocycles. The van der Waals surface area contributed by atoms with Crippen molar-refractivity contribution >= 4 is 17.2 Å². The van der Waals surface area contributed by atoms with Gasteiger partial charge in [-0.05, 0) is 37.3 Å². The zero-order valence-electron chi connectivity index (χ0n) is 13.7. The number of carbonyl (C=O) groups excluding carboxylic acids is 1. The highest BCUT2D eigenvalue weighted by molar-refractivity contribution is 7.09. The maximum Gasteiger partial charge on any atom is 0.273 e. The number of nitrogens with zero attached hydrogens (tertiary/aromatic N) is 2.